The smallest absolute Gasteiger partial charge is 0.222 e. The van der Waals surface area contributed by atoms with Crippen molar-refractivity contribution in [2.24, 2.45) is 28.9 Å². The Hall–Kier alpha value is -13.9. The minimum absolute atomic E-state index is 0.156. The van der Waals surface area contributed by atoms with Crippen LogP contribution in [-0.4, -0.2) is 232 Å². The number of rotatable bonds is 20. The van der Waals surface area contributed by atoms with Crippen molar-refractivity contribution in [3.05, 3.63) is 282 Å². The maximum atomic E-state index is 12.9. The monoisotopic (exact) mass is 2070 g/mol. The molecule has 7 fully saturated rings. The number of carbonyl (C=O) groups excluding carboxylic acids is 7. The van der Waals surface area contributed by atoms with E-state index in [1.807, 2.05) is 70.5 Å². The molecule has 19 heterocycles. The Bertz CT molecular complexity index is 6370. The summed E-state index contributed by atoms with van der Waals surface area (Å²) in [6.07, 6.45) is 21.2. The van der Waals surface area contributed by atoms with Gasteiger partial charge in [0.05, 0.1) is 45.4 Å². The average molecular weight is 2080 g/mol. The lowest BCUT2D eigenvalue weighted by Crippen LogP contribution is -2.44. The lowest BCUT2D eigenvalue weighted by Gasteiger charge is -2.37. The lowest BCUT2D eigenvalue weighted by atomic mass is 9.97. The first-order valence-corrected chi connectivity index (χ1v) is 48.4. The number of aliphatic hydroxyl groups excluding tert-OH is 1. The molecule has 139 heavy (non-hydrogen) atoms. The van der Waals surface area contributed by atoms with Crippen LogP contribution in [0.4, 0.5) is 69.8 Å². The molecule has 0 radical (unpaired) electrons. The lowest BCUT2D eigenvalue weighted by molar-refractivity contribution is -0.122. The van der Waals surface area contributed by atoms with E-state index in [-0.39, 0.29) is 111 Å². The summed E-state index contributed by atoms with van der Waals surface area (Å²) in [7, 11) is 0. The number of piperidine rings is 4. The van der Waals surface area contributed by atoms with E-state index in [1.54, 1.807) is 134 Å². The number of pyridine rings is 12. The van der Waals surface area contributed by atoms with Gasteiger partial charge in [0.1, 0.15) is 104 Å². The number of nitrogens with two attached hydrogens (primary N) is 10. The van der Waals surface area contributed by atoms with Crippen molar-refractivity contribution in [1.29, 1.82) is 0 Å². The number of anilines is 12. The van der Waals surface area contributed by atoms with E-state index in [4.69, 9.17) is 57.3 Å². The van der Waals surface area contributed by atoms with Crippen LogP contribution in [0.1, 0.15) is 173 Å². The summed E-state index contributed by atoms with van der Waals surface area (Å²) < 4.78 is 2.07. The molecule has 12 aromatic heterocycles. The van der Waals surface area contributed by atoms with Gasteiger partial charge in [-0.3, -0.25) is 33.6 Å². The highest BCUT2D eigenvalue weighted by Crippen LogP contribution is 2.32. The molecular formula is C99H112Br3N29O8. The van der Waals surface area contributed by atoms with Crippen molar-refractivity contribution in [2.45, 2.75) is 107 Å². The minimum atomic E-state index is -0.342. The highest BCUT2D eigenvalue weighted by Gasteiger charge is 2.32. The minimum Gasteiger partial charge on any atom is -0.391 e. The van der Waals surface area contributed by atoms with Crippen LogP contribution < -0.4 is 86.7 Å². The molecule has 12 aromatic rings. The van der Waals surface area contributed by atoms with Gasteiger partial charge in [0.2, 0.25) is 40.6 Å². The van der Waals surface area contributed by atoms with Crippen LogP contribution in [-0.2, 0) is 4.79 Å². The fourth-order valence-corrected chi connectivity index (χ4v) is 18.2. The van der Waals surface area contributed by atoms with Crippen molar-refractivity contribution < 1.29 is 38.7 Å². The van der Waals surface area contributed by atoms with Crippen molar-refractivity contribution >= 4 is 158 Å². The molecule has 0 spiro atoms. The van der Waals surface area contributed by atoms with Gasteiger partial charge in [-0.15, -0.1) is 0 Å². The zero-order chi connectivity index (χ0) is 98.3. The third kappa shape index (κ3) is 26.7. The molecule has 0 aliphatic carbocycles. The Labute approximate surface area is 829 Å². The number of nitrogen functional groups attached to an aromatic ring is 6. The highest BCUT2D eigenvalue weighted by molar-refractivity contribution is 9.11. The SMILES string of the molecule is NC(=O)C1CCCN(c2cccc(C(=O)c3cc(Br)cnc3N)n2)C1.Nc1ncc(Br)cc1C(=O)c1cccc(N2CCC(N3CCCC3)CC2)n1.Nc1ncc(Br)cc1C(=O)c1cccc(N2CC[C@H](O)C2)n1.Nc1ncccc1C(=O)c1cccc(N2CCC(N)C2)n1.Nc1ncccc1C(=O)c1cccc(N2CCC(N)CC2)n1.Nc1ncccc1C(=O)c1cccc(N2CCCC(N)C2)n1. The molecular weight excluding hydrogens is 1960 g/mol. The number of carbonyl (C=O) groups is 7. The standard InChI is InChI=1S/C20H24BrN5O.C17H18BrN5O2.2C16H19N5O.C15H15BrN4O2.C15H17N5O/c21-14-12-16(20(22)23-13-14)19(27)17-4-3-5-18(24-17)26-10-6-15(7-11-26)25-8-1-2-9-25;18-11-7-12(16(19)21-8-11)15(24)13-4-1-5-14(22-13)23-6-2-3-10(9-23)17(20)25;17-11-4-3-9-21(10-11)14-7-1-6-13(20-14)15(22)12-5-2-8-19-16(12)18;17-11-6-9-21(10-7-11)14-5-1-4-13(20-14)15(22)12-3-2-8-19-16(12)18;16-9-6-11(15(17)18-7-9)14(22)12-2-1-3-13(19-12)20-5-4-10(21)8-20;16-10-6-8-20(9-10)13-5-1-4-12(19-13)14(21)11-3-2-7-18-15(11)17/h3-5,12-13,15H,1-2,6-11H2,(H2,22,23);1,4-5,7-8,10H,2-3,6,9H2,(H2,19,21)(H2,20,25);1-2,5-8,11H,3-4,9-10,17H2,(H2,18,19);1-5,8,11H,6-7,9-10,17H2,(H2,18,19);1-3,6-7,10,21H,4-5,8H2,(H2,17,18);1-5,7,10H,6,8-9,16H2,(H2,17,18)/t;;;;10-;/m....0./s1. The Morgan fingerprint density at radius 2 is 0.583 bits per heavy atom. The zero-order valence-electron chi connectivity index (χ0n) is 76.6. The van der Waals surface area contributed by atoms with Gasteiger partial charge in [-0.25, -0.2) is 59.8 Å². The van der Waals surface area contributed by atoms with Crippen molar-refractivity contribution in [3.8, 4) is 0 Å². The summed E-state index contributed by atoms with van der Waals surface area (Å²) in [5, 5.41) is 9.62. The van der Waals surface area contributed by atoms with Gasteiger partial charge in [0.15, 0.2) is 0 Å². The van der Waals surface area contributed by atoms with Crippen LogP contribution >= 0.6 is 47.8 Å². The van der Waals surface area contributed by atoms with E-state index in [0.717, 1.165) is 151 Å². The molecule has 7 saturated heterocycles. The normalized spacial score (nSPS) is 17.7. The Morgan fingerprint density at radius 1 is 0.295 bits per heavy atom. The Morgan fingerprint density at radius 3 is 0.914 bits per heavy atom. The second-order valence-electron chi connectivity index (χ2n) is 34.5. The number of ketones is 6. The summed E-state index contributed by atoms with van der Waals surface area (Å²) in [4.78, 5) is 153. The van der Waals surface area contributed by atoms with Crippen LogP contribution in [0, 0.1) is 5.92 Å². The van der Waals surface area contributed by atoms with Gasteiger partial charge < -0.3 is 96.7 Å². The molecule has 0 bridgehead atoms. The second kappa shape index (κ2) is 47.9. The van der Waals surface area contributed by atoms with Crippen LogP contribution in [0.3, 0.4) is 0 Å². The number of aromatic nitrogens is 12. The van der Waals surface area contributed by atoms with Crippen LogP contribution in [0.2, 0.25) is 0 Å². The van der Waals surface area contributed by atoms with E-state index in [9.17, 15) is 38.7 Å². The van der Waals surface area contributed by atoms with E-state index >= 15 is 0 Å². The molecule has 0 aromatic carbocycles. The number of β-amino-alcohol motifs (C(OH)–C–C–N with tert-alkyl or cyclic N) is 1. The molecule has 4 atom stereocenters. The van der Waals surface area contributed by atoms with Gasteiger partial charge in [0, 0.05) is 153 Å². The van der Waals surface area contributed by atoms with Crippen LogP contribution in [0.15, 0.2) is 214 Å². The van der Waals surface area contributed by atoms with Gasteiger partial charge in [-0.2, -0.15) is 0 Å². The number of halogens is 3. The first kappa shape index (κ1) is 101. The summed E-state index contributed by atoms with van der Waals surface area (Å²) in [6.45, 7) is 12.0. The predicted octanol–water partition coefficient (Wildman–Crippen LogP) is 9.76. The number of hydrogen-bond acceptors (Lipinski definition) is 36. The van der Waals surface area contributed by atoms with E-state index in [1.165, 1.54) is 32.1 Å². The van der Waals surface area contributed by atoms with Gasteiger partial charge >= 0.3 is 0 Å². The number of likely N-dealkylation sites (tertiary alicyclic amines) is 1. The number of hydrogen-bond donors (Lipinski definition) is 11. The van der Waals surface area contributed by atoms with Crippen molar-refractivity contribution in [3.63, 3.8) is 0 Å². The average Bonchev–Trinajstić information content (AvgIpc) is 1.57. The molecule has 7 aliphatic heterocycles. The van der Waals surface area contributed by atoms with Crippen molar-refractivity contribution in [2.75, 3.05) is 155 Å². The fourth-order valence-electron chi connectivity index (χ4n) is 17.2. The van der Waals surface area contributed by atoms with Gasteiger partial charge in [-0.05, 0) is 265 Å². The van der Waals surface area contributed by atoms with Gasteiger partial charge in [-0.1, -0.05) is 36.4 Å². The van der Waals surface area contributed by atoms with Crippen molar-refractivity contribution in [1.82, 2.24) is 64.7 Å². The molecule has 7 aliphatic rings. The predicted molar refractivity (Wildman–Crippen MR) is 548 cm³/mol. The Balaban J connectivity index is 0.000000133. The summed E-state index contributed by atoms with van der Waals surface area (Å²) in [5.74, 6) is 3.89. The number of nitrogens with zero attached hydrogens (tertiary/aromatic N) is 19. The molecule has 21 N–H and O–H groups in total. The quantitative estimate of drug-likeness (QED) is 0.0316. The summed E-state index contributed by atoms with van der Waals surface area (Å²) in [6, 6.07) is 48.7. The van der Waals surface area contributed by atoms with Crippen LogP contribution in [0.5, 0.6) is 0 Å². The topological polar surface area (TPSA) is 577 Å². The molecule has 37 nitrogen and oxygen atoms in total. The van der Waals surface area contributed by atoms with E-state index in [2.05, 4.69) is 132 Å². The van der Waals surface area contributed by atoms with E-state index < -0.39 is 0 Å². The largest absolute Gasteiger partial charge is 0.391 e. The molecule has 19 rings (SSSR count). The maximum Gasteiger partial charge on any atom is 0.222 e. The number of primary amides is 1. The molecule has 722 valence electrons. The van der Waals surface area contributed by atoms with Gasteiger partial charge in [0.25, 0.3) is 0 Å². The molecule has 40 heteroatoms. The third-order valence-electron chi connectivity index (χ3n) is 24.7. The molecule has 0 saturated carbocycles. The highest BCUT2D eigenvalue weighted by atomic mass is 79.9. The first-order valence-electron chi connectivity index (χ1n) is 46.0. The van der Waals surface area contributed by atoms with Crippen LogP contribution in [0.25, 0.3) is 0 Å². The zero-order valence-corrected chi connectivity index (χ0v) is 81.4. The first-order chi connectivity index (χ1) is 67.1. The Kier molecular flexibility index (Phi) is 34.9. The summed E-state index contributed by atoms with van der Waals surface area (Å²) in [5.41, 5.74) is 62.3. The maximum absolute atomic E-state index is 12.9. The summed E-state index contributed by atoms with van der Waals surface area (Å²) >= 11 is 9.92. The number of amides is 1. The number of aliphatic hydroxyl groups is 1. The third-order valence-corrected chi connectivity index (χ3v) is 26.0. The van der Waals surface area contributed by atoms with E-state index in [0.29, 0.717) is 108 Å². The molecule has 3 unspecified atom stereocenters. The molecule has 1 amide bonds. The second-order valence-corrected chi connectivity index (χ2v) is 37.3. The fraction of sp³-hybridized carbons (Fsp3) is 0.323.